The molecule has 23 heavy (non-hydrogen) atoms. The van der Waals surface area contributed by atoms with Crippen LogP contribution < -0.4 is 0 Å². The molecule has 2 nitrogen and oxygen atoms in total. The molecule has 116 valence electrons. The Morgan fingerprint density at radius 3 is 2.65 bits per heavy atom. The first-order chi connectivity index (χ1) is 11.0. The molecule has 0 aliphatic rings. The van der Waals surface area contributed by atoms with Crippen LogP contribution in [0.15, 0.2) is 40.8 Å². The zero-order chi connectivity index (χ0) is 16.6. The average Bonchev–Trinajstić information content (AvgIpc) is 3.00. The van der Waals surface area contributed by atoms with Gasteiger partial charge in [0.1, 0.15) is 0 Å². The van der Waals surface area contributed by atoms with E-state index in [0.717, 1.165) is 21.4 Å². The van der Waals surface area contributed by atoms with Gasteiger partial charge in [0, 0.05) is 5.56 Å². The fourth-order valence-corrected chi connectivity index (χ4v) is 3.25. The molecule has 0 amide bonds. The van der Waals surface area contributed by atoms with Crippen LogP contribution in [0.5, 0.6) is 0 Å². The van der Waals surface area contributed by atoms with E-state index in [4.69, 9.17) is 0 Å². The van der Waals surface area contributed by atoms with Crippen molar-refractivity contribution in [3.05, 3.63) is 64.2 Å². The van der Waals surface area contributed by atoms with Crippen LogP contribution in [0, 0.1) is 18.6 Å². The van der Waals surface area contributed by atoms with Crippen LogP contribution in [0.4, 0.5) is 8.78 Å². The molecule has 1 heterocycles. The topological polar surface area (TPSA) is 25.2 Å². The summed E-state index contributed by atoms with van der Waals surface area (Å²) in [5.41, 5.74) is 6.23. The number of thiazole rings is 1. The Kier molecular flexibility index (Phi) is 4.05. The Morgan fingerprint density at radius 1 is 1.17 bits per heavy atom. The van der Waals surface area contributed by atoms with Crippen molar-refractivity contribution in [1.29, 1.82) is 0 Å². The highest BCUT2D eigenvalue weighted by atomic mass is 32.1. The SMILES string of the molecule is C=N/C(=C(\C)c1ccc2ncsc2c1)c1cc(F)c(F)cc1C. The van der Waals surface area contributed by atoms with Crippen LogP contribution in [0.1, 0.15) is 23.6 Å². The Morgan fingerprint density at radius 2 is 1.91 bits per heavy atom. The van der Waals surface area contributed by atoms with Gasteiger partial charge in [-0.05, 0) is 61.5 Å². The molecule has 0 aliphatic carbocycles. The molecule has 3 rings (SSSR count). The lowest BCUT2D eigenvalue weighted by atomic mass is 9.98. The number of fused-ring (bicyclic) bond motifs is 1. The third-order valence-electron chi connectivity index (χ3n) is 3.80. The number of aliphatic imine (C=N–C) groups is 1. The molecule has 0 bridgehead atoms. The maximum absolute atomic E-state index is 13.6. The van der Waals surface area contributed by atoms with Crippen LogP contribution >= 0.6 is 11.3 Å². The summed E-state index contributed by atoms with van der Waals surface area (Å²) in [6.07, 6.45) is 0. The summed E-state index contributed by atoms with van der Waals surface area (Å²) in [5.74, 6) is -1.75. The summed E-state index contributed by atoms with van der Waals surface area (Å²) in [4.78, 5) is 8.32. The standard InChI is InChI=1S/C18H14F2N2S/c1-10-6-14(19)15(20)8-13(10)18(21-3)11(2)12-4-5-16-17(7-12)23-9-22-16/h4-9H,3H2,1-2H3/b18-11+. The number of aromatic nitrogens is 1. The van der Waals surface area contributed by atoms with Crippen molar-refractivity contribution in [3.63, 3.8) is 0 Å². The normalized spacial score (nSPS) is 12.3. The minimum atomic E-state index is -0.891. The summed E-state index contributed by atoms with van der Waals surface area (Å²) >= 11 is 1.55. The second kappa shape index (κ2) is 6.01. The molecule has 0 unspecified atom stereocenters. The number of halogens is 2. The summed E-state index contributed by atoms with van der Waals surface area (Å²) in [6.45, 7) is 7.22. The average molecular weight is 328 g/mol. The van der Waals surface area contributed by atoms with E-state index in [0.29, 0.717) is 16.8 Å². The van der Waals surface area contributed by atoms with E-state index in [-0.39, 0.29) is 0 Å². The molecule has 0 saturated carbocycles. The van der Waals surface area contributed by atoms with Gasteiger partial charge in [-0.2, -0.15) is 0 Å². The van der Waals surface area contributed by atoms with Crippen molar-refractivity contribution in [3.8, 4) is 0 Å². The second-order valence-corrected chi connectivity index (χ2v) is 6.13. The molecule has 2 aromatic carbocycles. The molecule has 0 N–H and O–H groups in total. The van der Waals surface area contributed by atoms with E-state index in [2.05, 4.69) is 16.7 Å². The zero-order valence-corrected chi connectivity index (χ0v) is 13.5. The molecule has 5 heteroatoms. The third-order valence-corrected chi connectivity index (χ3v) is 4.59. The third kappa shape index (κ3) is 2.80. The van der Waals surface area contributed by atoms with E-state index >= 15 is 0 Å². The van der Waals surface area contributed by atoms with Gasteiger partial charge < -0.3 is 0 Å². The molecule has 3 aromatic rings. The highest BCUT2D eigenvalue weighted by Gasteiger charge is 2.13. The molecule has 0 saturated heterocycles. The Balaban J connectivity index is 2.19. The van der Waals surface area contributed by atoms with Gasteiger partial charge in [0.25, 0.3) is 0 Å². The van der Waals surface area contributed by atoms with E-state index in [1.54, 1.807) is 23.8 Å². The summed E-state index contributed by atoms with van der Waals surface area (Å²) in [6, 6.07) is 8.24. The van der Waals surface area contributed by atoms with Gasteiger partial charge in [-0.25, -0.2) is 13.8 Å². The van der Waals surface area contributed by atoms with Gasteiger partial charge >= 0.3 is 0 Å². The highest BCUT2D eigenvalue weighted by molar-refractivity contribution is 7.16. The number of aryl methyl sites for hydroxylation is 1. The lowest BCUT2D eigenvalue weighted by Gasteiger charge is -2.12. The zero-order valence-electron chi connectivity index (χ0n) is 12.7. The largest absolute Gasteiger partial charge is 0.264 e. The fourth-order valence-electron chi connectivity index (χ4n) is 2.53. The lowest BCUT2D eigenvalue weighted by molar-refractivity contribution is 0.507. The van der Waals surface area contributed by atoms with Crippen LogP contribution in [-0.2, 0) is 0 Å². The number of nitrogens with zero attached hydrogens (tertiary/aromatic N) is 2. The van der Waals surface area contributed by atoms with Gasteiger partial charge in [-0.3, -0.25) is 4.99 Å². The first-order valence-electron chi connectivity index (χ1n) is 6.98. The quantitative estimate of drug-likeness (QED) is 0.462. The van der Waals surface area contributed by atoms with E-state index in [1.165, 1.54) is 12.1 Å². The first-order valence-corrected chi connectivity index (χ1v) is 7.86. The van der Waals surface area contributed by atoms with Gasteiger partial charge in [0.05, 0.1) is 21.4 Å². The van der Waals surface area contributed by atoms with Crippen molar-refractivity contribution >= 4 is 39.5 Å². The number of benzene rings is 2. The maximum Gasteiger partial charge on any atom is 0.159 e. The Labute approximate surface area is 136 Å². The molecule has 0 radical (unpaired) electrons. The van der Waals surface area contributed by atoms with Crippen molar-refractivity contribution in [2.45, 2.75) is 13.8 Å². The Bertz CT molecular complexity index is 941. The summed E-state index contributed by atoms with van der Waals surface area (Å²) in [7, 11) is 0. The van der Waals surface area contributed by atoms with Crippen LogP contribution in [-0.4, -0.2) is 11.7 Å². The van der Waals surface area contributed by atoms with Crippen LogP contribution in [0.25, 0.3) is 21.5 Å². The number of hydrogen-bond acceptors (Lipinski definition) is 3. The van der Waals surface area contributed by atoms with Gasteiger partial charge in [0.15, 0.2) is 11.6 Å². The van der Waals surface area contributed by atoms with Crippen LogP contribution in [0.2, 0.25) is 0 Å². The van der Waals surface area contributed by atoms with Crippen molar-refractivity contribution in [2.75, 3.05) is 0 Å². The lowest BCUT2D eigenvalue weighted by Crippen LogP contribution is -1.95. The highest BCUT2D eigenvalue weighted by Crippen LogP contribution is 2.32. The van der Waals surface area contributed by atoms with E-state index < -0.39 is 11.6 Å². The fraction of sp³-hybridized carbons (Fsp3) is 0.111. The predicted molar refractivity (Wildman–Crippen MR) is 92.8 cm³/mol. The molecule has 0 atom stereocenters. The maximum atomic E-state index is 13.6. The van der Waals surface area contributed by atoms with Gasteiger partial charge in [-0.1, -0.05) is 6.07 Å². The second-order valence-electron chi connectivity index (χ2n) is 5.25. The van der Waals surface area contributed by atoms with E-state index in [9.17, 15) is 8.78 Å². The van der Waals surface area contributed by atoms with E-state index in [1.807, 2.05) is 25.1 Å². The molecular weight excluding hydrogens is 314 g/mol. The minimum absolute atomic E-state index is 0.542. The molecule has 0 fully saturated rings. The molecular formula is C18H14F2N2S. The minimum Gasteiger partial charge on any atom is -0.264 e. The summed E-state index contributed by atoms with van der Waals surface area (Å²) < 4.78 is 28.0. The van der Waals surface area contributed by atoms with Crippen molar-refractivity contribution in [1.82, 2.24) is 4.98 Å². The smallest absolute Gasteiger partial charge is 0.159 e. The predicted octanol–water partition coefficient (Wildman–Crippen LogP) is 5.47. The number of rotatable bonds is 3. The number of allylic oxidation sites excluding steroid dienone is 1. The number of hydrogen-bond donors (Lipinski definition) is 0. The van der Waals surface area contributed by atoms with Crippen molar-refractivity contribution in [2.24, 2.45) is 4.99 Å². The van der Waals surface area contributed by atoms with Crippen LogP contribution in [0.3, 0.4) is 0 Å². The Hall–Kier alpha value is -2.40. The molecule has 0 aliphatic heterocycles. The first kappa shape index (κ1) is 15.5. The van der Waals surface area contributed by atoms with Gasteiger partial charge in [0.2, 0.25) is 0 Å². The molecule has 0 spiro atoms. The summed E-state index contributed by atoms with van der Waals surface area (Å²) in [5, 5.41) is 0. The van der Waals surface area contributed by atoms with Gasteiger partial charge in [-0.15, -0.1) is 11.3 Å². The van der Waals surface area contributed by atoms with Crippen molar-refractivity contribution < 1.29 is 8.78 Å². The molecule has 1 aromatic heterocycles. The monoisotopic (exact) mass is 328 g/mol.